The standard InChI is InChI=1S/C14H18N2OS/c1-16(2)12-5-3-4-11(8-12)10-17-13-6-7-18-14(13)9-15/h3-8H,9-10,15H2,1-2H3. The summed E-state index contributed by atoms with van der Waals surface area (Å²) >= 11 is 1.63. The highest BCUT2D eigenvalue weighted by atomic mass is 32.1. The van der Waals surface area contributed by atoms with E-state index in [4.69, 9.17) is 10.5 Å². The predicted octanol–water partition coefficient (Wildman–Crippen LogP) is 2.85. The first kappa shape index (κ1) is 12.9. The molecule has 0 atom stereocenters. The molecule has 1 aromatic carbocycles. The lowest BCUT2D eigenvalue weighted by Gasteiger charge is -2.14. The number of nitrogens with two attached hydrogens (primary N) is 1. The van der Waals surface area contributed by atoms with E-state index in [2.05, 4.69) is 23.1 Å². The second-order valence-corrected chi connectivity index (χ2v) is 5.27. The minimum atomic E-state index is 0.532. The Morgan fingerprint density at radius 1 is 1.28 bits per heavy atom. The van der Waals surface area contributed by atoms with Crippen molar-refractivity contribution in [1.29, 1.82) is 0 Å². The van der Waals surface area contributed by atoms with Crippen LogP contribution in [0.2, 0.25) is 0 Å². The van der Waals surface area contributed by atoms with E-state index in [0.29, 0.717) is 13.2 Å². The van der Waals surface area contributed by atoms with Crippen molar-refractivity contribution in [3.05, 3.63) is 46.2 Å². The molecule has 0 spiro atoms. The van der Waals surface area contributed by atoms with Crippen LogP contribution in [0.15, 0.2) is 35.7 Å². The number of anilines is 1. The third kappa shape index (κ3) is 3.03. The molecule has 2 N–H and O–H groups in total. The summed E-state index contributed by atoms with van der Waals surface area (Å²) in [5.41, 5.74) is 7.99. The van der Waals surface area contributed by atoms with Gasteiger partial charge >= 0.3 is 0 Å². The first-order valence-corrected chi connectivity index (χ1v) is 6.74. The van der Waals surface area contributed by atoms with Gasteiger partial charge in [0.25, 0.3) is 0 Å². The van der Waals surface area contributed by atoms with Crippen LogP contribution in [0.3, 0.4) is 0 Å². The lowest BCUT2D eigenvalue weighted by atomic mass is 10.2. The first-order valence-electron chi connectivity index (χ1n) is 5.86. The van der Waals surface area contributed by atoms with Gasteiger partial charge in [-0.25, -0.2) is 0 Å². The Morgan fingerprint density at radius 3 is 2.83 bits per heavy atom. The van der Waals surface area contributed by atoms with Crippen molar-refractivity contribution in [2.75, 3.05) is 19.0 Å². The quantitative estimate of drug-likeness (QED) is 0.900. The van der Waals surface area contributed by atoms with Gasteiger partial charge in [-0.1, -0.05) is 12.1 Å². The monoisotopic (exact) mass is 262 g/mol. The zero-order chi connectivity index (χ0) is 13.0. The van der Waals surface area contributed by atoms with Crippen LogP contribution in [0.5, 0.6) is 5.75 Å². The second kappa shape index (κ2) is 5.89. The first-order chi connectivity index (χ1) is 8.70. The fourth-order valence-electron chi connectivity index (χ4n) is 1.69. The number of benzene rings is 1. The largest absolute Gasteiger partial charge is 0.488 e. The lowest BCUT2D eigenvalue weighted by Crippen LogP contribution is -2.09. The fourth-order valence-corrected chi connectivity index (χ4v) is 2.39. The van der Waals surface area contributed by atoms with Crippen LogP contribution in [0.1, 0.15) is 10.4 Å². The van der Waals surface area contributed by atoms with E-state index in [1.807, 2.05) is 31.6 Å². The van der Waals surface area contributed by atoms with Crippen LogP contribution < -0.4 is 15.4 Å². The molecule has 0 amide bonds. The van der Waals surface area contributed by atoms with Gasteiger partial charge in [0.2, 0.25) is 0 Å². The Morgan fingerprint density at radius 2 is 2.11 bits per heavy atom. The maximum Gasteiger partial charge on any atom is 0.134 e. The molecule has 1 aromatic heterocycles. The zero-order valence-corrected chi connectivity index (χ0v) is 11.5. The SMILES string of the molecule is CN(C)c1cccc(COc2ccsc2CN)c1. The van der Waals surface area contributed by atoms with Crippen LogP contribution in [0, 0.1) is 0 Å². The van der Waals surface area contributed by atoms with E-state index in [1.54, 1.807) is 11.3 Å². The third-order valence-electron chi connectivity index (χ3n) is 2.71. The second-order valence-electron chi connectivity index (χ2n) is 4.27. The maximum absolute atomic E-state index is 5.80. The molecule has 0 aliphatic heterocycles. The van der Waals surface area contributed by atoms with E-state index < -0.39 is 0 Å². The highest BCUT2D eigenvalue weighted by molar-refractivity contribution is 7.10. The molecular weight excluding hydrogens is 244 g/mol. The summed E-state index contributed by atoms with van der Waals surface area (Å²) in [5, 5.41) is 2.01. The maximum atomic E-state index is 5.80. The van der Waals surface area contributed by atoms with Crippen molar-refractivity contribution in [1.82, 2.24) is 0 Å². The molecule has 0 radical (unpaired) electrons. The molecule has 2 aromatic rings. The topological polar surface area (TPSA) is 38.5 Å². The molecule has 96 valence electrons. The Bertz CT molecular complexity index is 508. The van der Waals surface area contributed by atoms with Gasteiger partial charge in [0, 0.05) is 26.3 Å². The smallest absolute Gasteiger partial charge is 0.134 e. The van der Waals surface area contributed by atoms with Crippen molar-refractivity contribution >= 4 is 17.0 Å². The molecular formula is C14H18N2OS. The van der Waals surface area contributed by atoms with Crippen LogP contribution in [-0.4, -0.2) is 14.1 Å². The normalized spacial score (nSPS) is 10.4. The Kier molecular flexibility index (Phi) is 4.23. The molecule has 18 heavy (non-hydrogen) atoms. The summed E-state index contributed by atoms with van der Waals surface area (Å²) in [7, 11) is 4.07. The van der Waals surface area contributed by atoms with E-state index in [9.17, 15) is 0 Å². The van der Waals surface area contributed by atoms with Crippen molar-refractivity contribution in [2.45, 2.75) is 13.2 Å². The summed E-state index contributed by atoms with van der Waals surface area (Å²) in [5.74, 6) is 0.901. The summed E-state index contributed by atoms with van der Waals surface area (Å²) in [4.78, 5) is 3.18. The van der Waals surface area contributed by atoms with Crippen LogP contribution in [0.25, 0.3) is 0 Å². The molecule has 1 heterocycles. The molecule has 0 bridgehead atoms. The zero-order valence-electron chi connectivity index (χ0n) is 10.7. The molecule has 0 saturated heterocycles. The molecule has 0 fully saturated rings. The molecule has 0 unspecified atom stereocenters. The van der Waals surface area contributed by atoms with Gasteiger partial charge in [0.05, 0.1) is 4.88 Å². The van der Waals surface area contributed by atoms with Gasteiger partial charge in [-0.05, 0) is 29.1 Å². The van der Waals surface area contributed by atoms with E-state index in [0.717, 1.165) is 16.2 Å². The van der Waals surface area contributed by atoms with Crippen molar-refractivity contribution in [3.63, 3.8) is 0 Å². The summed E-state index contributed by atoms with van der Waals surface area (Å²) in [6, 6.07) is 10.3. The molecule has 2 rings (SSSR count). The Balaban J connectivity index is 2.04. The van der Waals surface area contributed by atoms with Crippen molar-refractivity contribution in [3.8, 4) is 5.75 Å². The predicted molar refractivity (Wildman–Crippen MR) is 77.3 cm³/mol. The van der Waals surface area contributed by atoms with E-state index in [1.165, 1.54) is 5.69 Å². The van der Waals surface area contributed by atoms with E-state index >= 15 is 0 Å². The summed E-state index contributed by atoms with van der Waals surface area (Å²) in [6.07, 6.45) is 0. The Hall–Kier alpha value is -1.52. The summed E-state index contributed by atoms with van der Waals surface area (Å²) in [6.45, 7) is 1.11. The molecule has 3 nitrogen and oxygen atoms in total. The molecule has 0 aliphatic rings. The number of nitrogens with zero attached hydrogens (tertiary/aromatic N) is 1. The number of hydrogen-bond acceptors (Lipinski definition) is 4. The van der Waals surface area contributed by atoms with Crippen LogP contribution in [0.4, 0.5) is 5.69 Å². The van der Waals surface area contributed by atoms with Gasteiger partial charge < -0.3 is 15.4 Å². The number of thiophene rings is 1. The molecule has 0 aliphatic carbocycles. The minimum Gasteiger partial charge on any atom is -0.488 e. The lowest BCUT2D eigenvalue weighted by molar-refractivity contribution is 0.305. The highest BCUT2D eigenvalue weighted by Crippen LogP contribution is 2.25. The van der Waals surface area contributed by atoms with Gasteiger partial charge in [-0.2, -0.15) is 0 Å². The van der Waals surface area contributed by atoms with Gasteiger partial charge in [-0.3, -0.25) is 0 Å². The highest BCUT2D eigenvalue weighted by Gasteiger charge is 2.04. The van der Waals surface area contributed by atoms with Gasteiger partial charge in [0.15, 0.2) is 0 Å². The van der Waals surface area contributed by atoms with Crippen molar-refractivity contribution < 1.29 is 4.74 Å². The molecule has 0 saturated carbocycles. The summed E-state index contributed by atoms with van der Waals surface area (Å²) < 4.78 is 5.80. The van der Waals surface area contributed by atoms with Crippen LogP contribution >= 0.6 is 11.3 Å². The third-order valence-corrected chi connectivity index (χ3v) is 3.64. The van der Waals surface area contributed by atoms with Crippen molar-refractivity contribution in [2.24, 2.45) is 5.73 Å². The fraction of sp³-hybridized carbons (Fsp3) is 0.286. The molecule has 4 heteroatoms. The van der Waals surface area contributed by atoms with Crippen LogP contribution in [-0.2, 0) is 13.2 Å². The Labute approximate surface area is 112 Å². The average molecular weight is 262 g/mol. The average Bonchev–Trinajstić information content (AvgIpc) is 2.84. The minimum absolute atomic E-state index is 0.532. The van der Waals surface area contributed by atoms with E-state index in [-0.39, 0.29) is 0 Å². The number of hydrogen-bond donors (Lipinski definition) is 1. The number of rotatable bonds is 5. The number of ether oxygens (including phenoxy) is 1. The van der Waals surface area contributed by atoms with Gasteiger partial charge in [0.1, 0.15) is 12.4 Å². The van der Waals surface area contributed by atoms with Gasteiger partial charge in [-0.15, -0.1) is 11.3 Å².